The van der Waals surface area contributed by atoms with Crippen LogP contribution in [0.4, 0.5) is 34.8 Å². The number of rotatable bonds is 12. The molecule has 0 spiro atoms. The third-order valence-electron chi connectivity index (χ3n) is 7.83. The van der Waals surface area contributed by atoms with Gasteiger partial charge in [0.2, 0.25) is 22.5 Å². The van der Waals surface area contributed by atoms with Crippen molar-refractivity contribution in [3.8, 4) is 11.8 Å². The van der Waals surface area contributed by atoms with Crippen molar-refractivity contribution in [2.75, 3.05) is 22.5 Å². The molecule has 0 aliphatic heterocycles. The van der Waals surface area contributed by atoms with Crippen LogP contribution in [0.2, 0.25) is 15.7 Å². The lowest BCUT2D eigenvalue weighted by atomic mass is 10.1. The van der Waals surface area contributed by atoms with Crippen LogP contribution in [0.5, 0.6) is 5.75 Å². The monoisotopic (exact) mass is 909 g/mol. The van der Waals surface area contributed by atoms with E-state index in [2.05, 4.69) is 51.1 Å². The minimum absolute atomic E-state index is 0.0210. The first-order valence-electron chi connectivity index (χ1n) is 15.7. The Morgan fingerprint density at radius 2 is 1.50 bits per heavy atom. The largest absolute Gasteiger partial charge is 0.505 e. The van der Waals surface area contributed by atoms with Crippen LogP contribution in [-0.4, -0.2) is 81.5 Å². The van der Waals surface area contributed by atoms with Gasteiger partial charge < -0.3 is 21.1 Å². The zero-order valence-electron chi connectivity index (χ0n) is 28.7. The molecule has 7 N–H and O–H groups in total. The summed E-state index contributed by atoms with van der Waals surface area (Å²) in [6, 6.07) is 12.2. The van der Waals surface area contributed by atoms with E-state index < -0.39 is 95.9 Å². The van der Waals surface area contributed by atoms with E-state index in [9.17, 15) is 49.3 Å². The van der Waals surface area contributed by atoms with Crippen LogP contribution < -0.4 is 16.0 Å². The van der Waals surface area contributed by atoms with Crippen molar-refractivity contribution in [1.82, 2.24) is 24.9 Å². The molecule has 2 heterocycles. The van der Waals surface area contributed by atoms with Gasteiger partial charge in [-0.25, -0.2) is 4.98 Å². The maximum atomic E-state index is 12.6. The Morgan fingerprint density at radius 1 is 0.810 bits per heavy atom. The molecule has 6 rings (SSSR count). The van der Waals surface area contributed by atoms with Gasteiger partial charge in [0.1, 0.15) is 32.8 Å². The van der Waals surface area contributed by atoms with Gasteiger partial charge in [0.25, 0.3) is 30.4 Å². The smallest absolute Gasteiger partial charge is 0.297 e. The van der Waals surface area contributed by atoms with Crippen LogP contribution in [-0.2, 0) is 30.4 Å². The molecule has 0 amide bonds. The number of nitrogens with one attached hydrogen (secondary N) is 3. The average Bonchev–Trinajstić information content (AvgIpc) is 3.11. The second-order valence-electron chi connectivity index (χ2n) is 11.8. The van der Waals surface area contributed by atoms with Crippen LogP contribution in [0.1, 0.15) is 12.5 Å². The van der Waals surface area contributed by atoms with Gasteiger partial charge in [-0.15, -0.1) is 10.2 Å². The van der Waals surface area contributed by atoms with Crippen LogP contribution >= 0.6 is 34.8 Å². The predicted molar refractivity (Wildman–Crippen MR) is 210 cm³/mol. The highest BCUT2D eigenvalue weighted by Crippen LogP contribution is 2.46. The molecule has 0 saturated carbocycles. The quantitative estimate of drug-likeness (QED) is 0.0306. The molecule has 21 nitrogen and oxygen atoms in total. The number of aromatic hydroxyl groups is 1. The molecule has 4 aromatic carbocycles. The summed E-state index contributed by atoms with van der Waals surface area (Å²) in [5.74, 6) is -1.58. The topological polar surface area (TPSA) is 332 Å². The third-order valence-corrected chi connectivity index (χ3v) is 11.1. The first-order valence-corrected chi connectivity index (χ1v) is 21.1. The Balaban J connectivity index is 1.43. The van der Waals surface area contributed by atoms with E-state index in [-0.39, 0.29) is 39.7 Å². The summed E-state index contributed by atoms with van der Waals surface area (Å²) in [7, 11) is -15.3. The van der Waals surface area contributed by atoms with Crippen LogP contribution in [0.3, 0.4) is 0 Å². The van der Waals surface area contributed by atoms with Gasteiger partial charge >= 0.3 is 0 Å². The lowest BCUT2D eigenvalue weighted by molar-refractivity contribution is 0.472. The molecule has 0 aliphatic carbocycles. The molecular weight excluding hydrogens is 889 g/mol. The minimum Gasteiger partial charge on any atom is -0.505 e. The molecule has 0 aliphatic rings. The fraction of sp³-hybridized carbons (Fsp3) is 0.0968. The number of nitriles is 1. The van der Waals surface area contributed by atoms with E-state index in [1.54, 1.807) is 19.1 Å². The number of anilines is 4. The Morgan fingerprint density at radius 3 is 2.17 bits per heavy atom. The summed E-state index contributed by atoms with van der Waals surface area (Å²) >= 11 is 18.0. The molecule has 0 saturated heterocycles. The number of hydrogen-bond donors (Lipinski definition) is 7. The third kappa shape index (κ3) is 9.07. The number of halogens is 3. The number of azo groups is 1. The SMILES string of the molecule is CC(CNc1nc(Cl)nc(Nc2cc(S(=O)(=O)O)cc3cc(S(=O)(=O)O)c(N=Nc4ccc5ccccc5c4S(=O)(=O)O)c(O)c23)n1)Nc1nc(Cl)nc(Cl)c1C#N. The number of fused-ring (bicyclic) bond motifs is 2. The van der Waals surface area contributed by atoms with Gasteiger partial charge in [-0.1, -0.05) is 41.9 Å². The maximum Gasteiger partial charge on any atom is 0.297 e. The highest BCUT2D eigenvalue weighted by atomic mass is 35.5. The fourth-order valence-electron chi connectivity index (χ4n) is 5.43. The summed E-state index contributed by atoms with van der Waals surface area (Å²) < 4.78 is 105. The minimum atomic E-state index is -5.31. The standard InChI is InChI=1S/C31H22Cl3N11O10S3/c1-13(37-27-18(11-35)26(32)39-28(33)40-27)12-36-30-41-29(34)42-31(43-30)38-20-10-16(56(47,48)49)8-15-9-21(57(50,51)52)23(24(46)22(15)20)45-44-19-7-6-14-4-2-3-5-17(14)25(19)58(53,54)55/h2-10,13,46H,12H2,1H3,(H,37,39,40)(H,47,48,49)(H,50,51,52)(H,53,54,55)(H2,36,38,41,42,43). The van der Waals surface area contributed by atoms with Gasteiger partial charge in [0.15, 0.2) is 16.7 Å². The maximum absolute atomic E-state index is 12.6. The zero-order valence-corrected chi connectivity index (χ0v) is 33.4. The van der Waals surface area contributed by atoms with Crippen molar-refractivity contribution < 1.29 is 44.0 Å². The summed E-state index contributed by atoms with van der Waals surface area (Å²) in [6.45, 7) is 1.71. The first-order chi connectivity index (χ1) is 27.1. The second-order valence-corrected chi connectivity index (χ2v) is 17.0. The normalized spacial score (nSPS) is 12.8. The molecule has 1 unspecified atom stereocenters. The zero-order chi connectivity index (χ0) is 42.3. The number of phenols is 1. The van der Waals surface area contributed by atoms with Gasteiger partial charge in [-0.2, -0.15) is 50.5 Å². The highest BCUT2D eigenvalue weighted by molar-refractivity contribution is 7.86. The lowest BCUT2D eigenvalue weighted by Gasteiger charge is -2.17. The van der Waals surface area contributed by atoms with Gasteiger partial charge in [0, 0.05) is 23.4 Å². The first kappa shape index (κ1) is 42.0. The second kappa shape index (κ2) is 16.0. The number of benzene rings is 4. The summed E-state index contributed by atoms with van der Waals surface area (Å²) in [5, 5.41) is 35.8. The molecule has 0 fully saturated rings. The number of aromatic nitrogens is 5. The highest BCUT2D eigenvalue weighted by Gasteiger charge is 2.27. The average molecular weight is 911 g/mol. The van der Waals surface area contributed by atoms with E-state index in [1.165, 1.54) is 18.2 Å². The van der Waals surface area contributed by atoms with Gasteiger partial charge in [0.05, 0.1) is 10.6 Å². The molecule has 0 bridgehead atoms. The Labute approximate surface area is 342 Å². The molecule has 6 aromatic rings. The van der Waals surface area contributed by atoms with E-state index in [0.717, 1.165) is 18.2 Å². The van der Waals surface area contributed by atoms with Crippen LogP contribution in [0, 0.1) is 11.3 Å². The predicted octanol–water partition coefficient (Wildman–Crippen LogP) is 6.32. The van der Waals surface area contributed by atoms with Crippen molar-refractivity contribution in [3.63, 3.8) is 0 Å². The summed E-state index contributed by atoms with van der Waals surface area (Å²) in [4.78, 5) is 17.1. The van der Waals surface area contributed by atoms with E-state index >= 15 is 0 Å². The summed E-state index contributed by atoms with van der Waals surface area (Å²) in [6.07, 6.45) is 0. The number of phenolic OH excluding ortho intramolecular Hbond substituents is 1. The molecule has 58 heavy (non-hydrogen) atoms. The Bertz CT molecular complexity index is 3100. The van der Waals surface area contributed by atoms with E-state index in [4.69, 9.17) is 34.8 Å². The van der Waals surface area contributed by atoms with Crippen molar-refractivity contribution >= 4 is 121 Å². The van der Waals surface area contributed by atoms with Crippen molar-refractivity contribution in [2.24, 2.45) is 10.2 Å². The molecule has 27 heteroatoms. The number of hydrogen-bond acceptors (Lipinski definition) is 18. The molecule has 300 valence electrons. The fourth-order valence-corrected chi connectivity index (χ4v) is 8.05. The Kier molecular flexibility index (Phi) is 11.6. The molecule has 2 aromatic heterocycles. The lowest BCUT2D eigenvalue weighted by Crippen LogP contribution is -2.27. The number of nitrogens with zero attached hydrogens (tertiary/aromatic N) is 8. The Hall–Kier alpha value is -5.62. The molecule has 1 atom stereocenters. The van der Waals surface area contributed by atoms with E-state index in [1.807, 2.05) is 6.07 Å². The van der Waals surface area contributed by atoms with E-state index in [0.29, 0.717) is 11.5 Å². The van der Waals surface area contributed by atoms with Gasteiger partial charge in [-0.3, -0.25) is 13.7 Å². The molecular formula is C31H22Cl3N11O10S3. The van der Waals surface area contributed by atoms with Crippen LogP contribution in [0.25, 0.3) is 21.5 Å². The van der Waals surface area contributed by atoms with Crippen molar-refractivity contribution in [3.05, 3.63) is 75.9 Å². The van der Waals surface area contributed by atoms with Crippen molar-refractivity contribution in [2.45, 2.75) is 27.7 Å². The van der Waals surface area contributed by atoms with Crippen molar-refractivity contribution in [1.29, 1.82) is 5.26 Å². The van der Waals surface area contributed by atoms with Crippen LogP contribution in [0.15, 0.2) is 79.5 Å². The summed E-state index contributed by atoms with van der Waals surface area (Å²) in [5.41, 5.74) is -1.94. The van der Waals surface area contributed by atoms with Gasteiger partial charge in [-0.05, 0) is 65.2 Å². The molecule has 0 radical (unpaired) electrons.